The second-order valence-electron chi connectivity index (χ2n) is 7.67. The molecule has 1 N–H and O–H groups in total. The molecule has 140 valence electrons. The molecule has 2 saturated heterocycles. The molecule has 0 bridgehead atoms. The summed E-state index contributed by atoms with van der Waals surface area (Å²) in [4.78, 5) is 18.5. The number of fused-ring (bicyclic) bond motifs is 1. The van der Waals surface area contributed by atoms with Crippen LogP contribution < -0.4 is 0 Å². The standard InChI is InChI=1S/C21H28N2O3/c1-25-20(24)21(8-13-26-14-9-21)18-6-11-23(12-7-18)15-17-4-2-3-16-5-10-22-19(16)17/h2-5,10,18,22H,6-9,11-15H2,1H3. The zero-order valence-electron chi connectivity index (χ0n) is 15.5. The van der Waals surface area contributed by atoms with Gasteiger partial charge in [-0.25, -0.2) is 0 Å². The molecule has 0 saturated carbocycles. The van der Waals surface area contributed by atoms with E-state index in [0.717, 1.165) is 45.3 Å². The quantitative estimate of drug-likeness (QED) is 0.854. The minimum Gasteiger partial charge on any atom is -0.469 e. The summed E-state index contributed by atoms with van der Waals surface area (Å²) in [5.41, 5.74) is 2.25. The summed E-state index contributed by atoms with van der Waals surface area (Å²) < 4.78 is 10.7. The van der Waals surface area contributed by atoms with Crippen LogP contribution in [0.4, 0.5) is 0 Å². The van der Waals surface area contributed by atoms with Gasteiger partial charge in [0, 0.05) is 31.5 Å². The number of piperidine rings is 1. The fourth-order valence-corrected chi connectivity index (χ4v) is 4.88. The number of methoxy groups -OCH3 is 1. The lowest BCUT2D eigenvalue weighted by molar-refractivity contribution is -0.166. The van der Waals surface area contributed by atoms with E-state index in [1.807, 2.05) is 6.20 Å². The highest BCUT2D eigenvalue weighted by Gasteiger charge is 2.48. The summed E-state index contributed by atoms with van der Waals surface area (Å²) >= 11 is 0. The van der Waals surface area contributed by atoms with Crippen molar-refractivity contribution >= 4 is 16.9 Å². The predicted octanol–water partition coefficient (Wildman–Crippen LogP) is 3.35. The SMILES string of the molecule is COC(=O)C1(C2CCN(Cc3cccc4cc[nH]c34)CC2)CCOCC1. The molecular formula is C21H28N2O3. The van der Waals surface area contributed by atoms with E-state index in [0.29, 0.717) is 19.1 Å². The van der Waals surface area contributed by atoms with Gasteiger partial charge in [-0.3, -0.25) is 9.69 Å². The number of para-hydroxylation sites is 1. The summed E-state index contributed by atoms with van der Waals surface area (Å²) in [6, 6.07) is 8.61. The van der Waals surface area contributed by atoms with E-state index in [-0.39, 0.29) is 11.4 Å². The second-order valence-corrected chi connectivity index (χ2v) is 7.67. The van der Waals surface area contributed by atoms with Crippen molar-refractivity contribution in [1.82, 2.24) is 9.88 Å². The molecule has 0 spiro atoms. The van der Waals surface area contributed by atoms with E-state index < -0.39 is 0 Å². The number of ether oxygens (including phenoxy) is 2. The molecule has 2 aliphatic heterocycles. The first kappa shape index (κ1) is 17.6. The molecule has 26 heavy (non-hydrogen) atoms. The Labute approximate surface area is 154 Å². The Balaban J connectivity index is 1.43. The molecular weight excluding hydrogens is 328 g/mol. The van der Waals surface area contributed by atoms with Gasteiger partial charge in [-0.05, 0) is 61.7 Å². The number of hydrogen-bond donors (Lipinski definition) is 1. The highest BCUT2D eigenvalue weighted by Crippen LogP contribution is 2.44. The summed E-state index contributed by atoms with van der Waals surface area (Å²) in [6.45, 7) is 4.36. The molecule has 0 aliphatic carbocycles. The third-order valence-corrected chi connectivity index (χ3v) is 6.41. The van der Waals surface area contributed by atoms with Gasteiger partial charge >= 0.3 is 5.97 Å². The molecule has 0 atom stereocenters. The van der Waals surface area contributed by atoms with Crippen LogP contribution in [0.1, 0.15) is 31.2 Å². The minimum atomic E-state index is -0.335. The summed E-state index contributed by atoms with van der Waals surface area (Å²) in [6.07, 6.45) is 5.70. The number of carbonyl (C=O) groups excluding carboxylic acids is 1. The minimum absolute atomic E-state index is 0.0320. The van der Waals surface area contributed by atoms with E-state index in [9.17, 15) is 4.79 Å². The third-order valence-electron chi connectivity index (χ3n) is 6.41. The Morgan fingerprint density at radius 2 is 2.04 bits per heavy atom. The number of rotatable bonds is 4. The number of hydrogen-bond acceptors (Lipinski definition) is 4. The molecule has 4 rings (SSSR count). The molecule has 0 radical (unpaired) electrons. The monoisotopic (exact) mass is 356 g/mol. The fourth-order valence-electron chi connectivity index (χ4n) is 4.88. The summed E-state index contributed by atoms with van der Waals surface area (Å²) in [7, 11) is 1.52. The summed E-state index contributed by atoms with van der Waals surface area (Å²) in [5, 5.41) is 1.27. The maximum atomic E-state index is 12.6. The number of benzene rings is 1. The number of likely N-dealkylation sites (tertiary alicyclic amines) is 1. The van der Waals surface area contributed by atoms with Gasteiger partial charge in [0.2, 0.25) is 0 Å². The molecule has 0 amide bonds. The van der Waals surface area contributed by atoms with Crippen molar-refractivity contribution in [2.24, 2.45) is 11.3 Å². The maximum absolute atomic E-state index is 12.6. The van der Waals surface area contributed by atoms with E-state index in [1.165, 1.54) is 23.6 Å². The summed E-state index contributed by atoms with van der Waals surface area (Å²) in [5.74, 6) is 0.367. The first-order valence-electron chi connectivity index (χ1n) is 9.66. The van der Waals surface area contributed by atoms with Crippen LogP contribution >= 0.6 is 0 Å². The van der Waals surface area contributed by atoms with Crippen molar-refractivity contribution in [1.29, 1.82) is 0 Å². The normalized spacial score (nSPS) is 21.7. The molecule has 2 aromatic rings. The zero-order valence-corrected chi connectivity index (χ0v) is 15.5. The number of aromatic amines is 1. The molecule has 1 aromatic carbocycles. The molecule has 0 unspecified atom stereocenters. The smallest absolute Gasteiger partial charge is 0.312 e. The van der Waals surface area contributed by atoms with Gasteiger partial charge in [0.25, 0.3) is 0 Å². The highest BCUT2D eigenvalue weighted by atomic mass is 16.5. The van der Waals surface area contributed by atoms with Gasteiger partial charge in [0.05, 0.1) is 12.5 Å². The zero-order chi connectivity index (χ0) is 18.0. The Morgan fingerprint density at radius 3 is 2.77 bits per heavy atom. The van der Waals surface area contributed by atoms with Gasteiger partial charge in [-0.2, -0.15) is 0 Å². The van der Waals surface area contributed by atoms with Crippen LogP contribution in [0, 0.1) is 11.3 Å². The number of aromatic nitrogens is 1. The second kappa shape index (κ2) is 7.41. The lowest BCUT2D eigenvalue weighted by Gasteiger charge is -2.44. The molecule has 1 aromatic heterocycles. The largest absolute Gasteiger partial charge is 0.469 e. The topological polar surface area (TPSA) is 54.6 Å². The van der Waals surface area contributed by atoms with Crippen molar-refractivity contribution in [3.05, 3.63) is 36.0 Å². The van der Waals surface area contributed by atoms with Crippen molar-refractivity contribution in [3.63, 3.8) is 0 Å². The van der Waals surface area contributed by atoms with Gasteiger partial charge in [0.15, 0.2) is 0 Å². The maximum Gasteiger partial charge on any atom is 0.312 e. The average Bonchev–Trinajstić information content (AvgIpc) is 3.18. The molecule has 2 fully saturated rings. The van der Waals surface area contributed by atoms with Gasteiger partial charge in [0.1, 0.15) is 0 Å². The van der Waals surface area contributed by atoms with Crippen LogP contribution in [0.2, 0.25) is 0 Å². The number of nitrogens with one attached hydrogen (secondary N) is 1. The molecule has 5 heteroatoms. The number of H-pyrrole nitrogens is 1. The van der Waals surface area contributed by atoms with Crippen LogP contribution in [0.3, 0.4) is 0 Å². The van der Waals surface area contributed by atoms with Crippen molar-refractivity contribution in [2.75, 3.05) is 33.4 Å². The van der Waals surface area contributed by atoms with Crippen LogP contribution in [0.25, 0.3) is 10.9 Å². The average molecular weight is 356 g/mol. The van der Waals surface area contributed by atoms with Gasteiger partial charge in [-0.15, -0.1) is 0 Å². The Kier molecular flexibility index (Phi) is 5.00. The Hall–Kier alpha value is -1.85. The van der Waals surface area contributed by atoms with E-state index in [4.69, 9.17) is 9.47 Å². The third kappa shape index (κ3) is 3.14. The van der Waals surface area contributed by atoms with Crippen molar-refractivity contribution in [3.8, 4) is 0 Å². The van der Waals surface area contributed by atoms with Gasteiger partial charge in [-0.1, -0.05) is 18.2 Å². The van der Waals surface area contributed by atoms with Crippen molar-refractivity contribution in [2.45, 2.75) is 32.2 Å². The molecule has 5 nitrogen and oxygen atoms in total. The lowest BCUT2D eigenvalue weighted by Crippen LogP contribution is -2.48. The Morgan fingerprint density at radius 1 is 1.27 bits per heavy atom. The van der Waals surface area contributed by atoms with Crippen LogP contribution in [0.5, 0.6) is 0 Å². The van der Waals surface area contributed by atoms with E-state index in [2.05, 4.69) is 34.1 Å². The van der Waals surface area contributed by atoms with E-state index in [1.54, 1.807) is 0 Å². The fraction of sp³-hybridized carbons (Fsp3) is 0.571. The Bertz CT molecular complexity index is 755. The van der Waals surface area contributed by atoms with Crippen molar-refractivity contribution < 1.29 is 14.3 Å². The van der Waals surface area contributed by atoms with E-state index >= 15 is 0 Å². The van der Waals surface area contributed by atoms with Crippen LogP contribution in [-0.2, 0) is 20.8 Å². The van der Waals surface area contributed by atoms with Crippen LogP contribution in [-0.4, -0.2) is 49.3 Å². The lowest BCUT2D eigenvalue weighted by atomic mass is 9.66. The predicted molar refractivity (Wildman–Crippen MR) is 101 cm³/mol. The van der Waals surface area contributed by atoms with Gasteiger partial charge < -0.3 is 14.5 Å². The number of esters is 1. The number of carbonyl (C=O) groups is 1. The van der Waals surface area contributed by atoms with Crippen LogP contribution in [0.15, 0.2) is 30.5 Å². The first-order chi connectivity index (χ1) is 12.7. The molecule has 2 aliphatic rings. The highest BCUT2D eigenvalue weighted by molar-refractivity contribution is 5.82. The molecule has 3 heterocycles. The number of nitrogens with zero attached hydrogens (tertiary/aromatic N) is 1. The first-order valence-corrected chi connectivity index (χ1v) is 9.66.